The van der Waals surface area contributed by atoms with E-state index in [1.165, 1.54) is 30.4 Å². The van der Waals surface area contributed by atoms with Crippen LogP contribution in [0.5, 0.6) is 0 Å². The molecular weight excluding hydrogens is 206 g/mol. The van der Waals surface area contributed by atoms with Gasteiger partial charge in [0.05, 0.1) is 0 Å². The average Bonchev–Trinajstić information content (AvgIpc) is 2.19. The van der Waals surface area contributed by atoms with Crippen LogP contribution in [0.1, 0.15) is 37.3 Å². The van der Waals surface area contributed by atoms with Gasteiger partial charge in [0.1, 0.15) is 0 Å². The van der Waals surface area contributed by atoms with Crippen LogP contribution in [0.3, 0.4) is 0 Å². The molecule has 1 unspecified atom stereocenters. The summed E-state index contributed by atoms with van der Waals surface area (Å²) in [5, 5.41) is 3.64. The lowest BCUT2D eigenvalue weighted by atomic mass is 9.83. The molecule has 1 N–H and O–H groups in total. The molecule has 1 fully saturated rings. The Balaban J connectivity index is 0.00000112. The summed E-state index contributed by atoms with van der Waals surface area (Å²) in [7, 11) is 0. The van der Waals surface area contributed by atoms with E-state index in [2.05, 4.69) is 43.4 Å². The Bertz CT molecular complexity index is 316. The molecule has 0 aliphatic carbocycles. The zero-order valence-electron chi connectivity index (χ0n) is 9.55. The van der Waals surface area contributed by atoms with Crippen LogP contribution >= 0.6 is 12.4 Å². The van der Waals surface area contributed by atoms with Crippen molar-refractivity contribution in [3.8, 4) is 0 Å². The average molecular weight is 226 g/mol. The lowest BCUT2D eigenvalue weighted by Gasteiger charge is -2.35. The smallest absolute Gasteiger partial charge is 0.0406 e. The lowest BCUT2D eigenvalue weighted by Crippen LogP contribution is -2.43. The Kier molecular flexibility index (Phi) is 4.18. The molecule has 0 bridgehead atoms. The van der Waals surface area contributed by atoms with Crippen LogP contribution in [0, 0.1) is 6.92 Å². The first-order chi connectivity index (χ1) is 6.71. The maximum Gasteiger partial charge on any atom is 0.0406 e. The summed E-state index contributed by atoms with van der Waals surface area (Å²) < 4.78 is 0. The van der Waals surface area contributed by atoms with Crippen molar-refractivity contribution in [1.82, 2.24) is 5.32 Å². The van der Waals surface area contributed by atoms with Crippen molar-refractivity contribution in [2.24, 2.45) is 0 Å². The monoisotopic (exact) mass is 225 g/mol. The molecule has 0 amide bonds. The number of rotatable bonds is 1. The second kappa shape index (κ2) is 5.00. The fourth-order valence-corrected chi connectivity index (χ4v) is 2.29. The zero-order chi connectivity index (χ0) is 10.0. The van der Waals surface area contributed by atoms with Gasteiger partial charge in [0.2, 0.25) is 0 Å². The number of halogens is 1. The predicted octanol–water partition coefficient (Wildman–Crippen LogP) is 3.41. The van der Waals surface area contributed by atoms with Crippen LogP contribution in [-0.2, 0) is 5.54 Å². The van der Waals surface area contributed by atoms with E-state index in [1.807, 2.05) is 0 Å². The number of benzene rings is 1. The number of hydrogen-bond donors (Lipinski definition) is 1. The highest BCUT2D eigenvalue weighted by Gasteiger charge is 2.27. The molecule has 0 aromatic heterocycles. The van der Waals surface area contributed by atoms with Gasteiger partial charge >= 0.3 is 0 Å². The zero-order valence-corrected chi connectivity index (χ0v) is 10.4. The molecule has 84 valence electrons. The number of piperidine rings is 1. The molecule has 1 aromatic rings. The standard InChI is InChI=1S/C13H19N.ClH/c1-11-6-5-7-12(10-11)13(2)8-3-4-9-14-13;/h5-7,10,14H,3-4,8-9H2,1-2H3;1H. The lowest BCUT2D eigenvalue weighted by molar-refractivity contribution is 0.283. The molecule has 1 saturated heterocycles. The van der Waals surface area contributed by atoms with Crippen molar-refractivity contribution in [1.29, 1.82) is 0 Å². The van der Waals surface area contributed by atoms with Crippen LogP contribution in [-0.4, -0.2) is 6.54 Å². The normalized spacial score (nSPS) is 25.7. The first-order valence-electron chi connectivity index (χ1n) is 5.53. The van der Waals surface area contributed by atoms with Crippen molar-refractivity contribution >= 4 is 12.4 Å². The first-order valence-corrected chi connectivity index (χ1v) is 5.53. The van der Waals surface area contributed by atoms with Gasteiger partial charge in [-0.2, -0.15) is 0 Å². The number of aryl methyl sites for hydroxylation is 1. The van der Waals surface area contributed by atoms with Crippen LogP contribution in [0.15, 0.2) is 24.3 Å². The topological polar surface area (TPSA) is 12.0 Å². The quantitative estimate of drug-likeness (QED) is 0.773. The van der Waals surface area contributed by atoms with Gasteiger partial charge in [-0.25, -0.2) is 0 Å². The molecule has 0 saturated carbocycles. The van der Waals surface area contributed by atoms with Gasteiger partial charge in [-0.3, -0.25) is 0 Å². The summed E-state index contributed by atoms with van der Waals surface area (Å²) in [6, 6.07) is 8.87. The summed E-state index contributed by atoms with van der Waals surface area (Å²) in [4.78, 5) is 0. The summed E-state index contributed by atoms with van der Waals surface area (Å²) >= 11 is 0. The fraction of sp³-hybridized carbons (Fsp3) is 0.538. The van der Waals surface area contributed by atoms with E-state index in [1.54, 1.807) is 0 Å². The molecule has 0 spiro atoms. The third-order valence-electron chi connectivity index (χ3n) is 3.27. The molecule has 1 aliphatic heterocycles. The van der Waals surface area contributed by atoms with Gasteiger partial charge in [-0.05, 0) is 38.8 Å². The molecular formula is C13H20ClN. The van der Waals surface area contributed by atoms with Crippen molar-refractivity contribution < 1.29 is 0 Å². The third-order valence-corrected chi connectivity index (χ3v) is 3.27. The minimum Gasteiger partial charge on any atom is -0.308 e. The minimum absolute atomic E-state index is 0. The van der Waals surface area contributed by atoms with Crippen molar-refractivity contribution in [2.75, 3.05) is 6.54 Å². The maximum atomic E-state index is 3.64. The summed E-state index contributed by atoms with van der Waals surface area (Å²) in [5.74, 6) is 0. The molecule has 2 rings (SSSR count). The second-order valence-corrected chi connectivity index (χ2v) is 4.59. The molecule has 1 atom stereocenters. The molecule has 2 heteroatoms. The molecule has 1 aliphatic rings. The van der Waals surface area contributed by atoms with Crippen LogP contribution < -0.4 is 5.32 Å². The Morgan fingerprint density at radius 1 is 1.27 bits per heavy atom. The Hall–Kier alpha value is -0.530. The SMILES string of the molecule is Cc1cccc(C2(C)CCCCN2)c1.Cl. The van der Waals surface area contributed by atoms with Gasteiger partial charge in [-0.1, -0.05) is 36.2 Å². The fourth-order valence-electron chi connectivity index (χ4n) is 2.29. The van der Waals surface area contributed by atoms with Gasteiger partial charge in [0.15, 0.2) is 0 Å². The Morgan fingerprint density at radius 3 is 2.67 bits per heavy atom. The van der Waals surface area contributed by atoms with Crippen molar-refractivity contribution in [3.05, 3.63) is 35.4 Å². The van der Waals surface area contributed by atoms with E-state index < -0.39 is 0 Å². The largest absolute Gasteiger partial charge is 0.308 e. The molecule has 1 aromatic carbocycles. The van der Waals surface area contributed by atoms with E-state index in [0.29, 0.717) is 0 Å². The number of nitrogens with one attached hydrogen (secondary N) is 1. The van der Waals surface area contributed by atoms with E-state index in [4.69, 9.17) is 0 Å². The highest BCUT2D eigenvalue weighted by Crippen LogP contribution is 2.29. The van der Waals surface area contributed by atoms with Gasteiger partial charge < -0.3 is 5.32 Å². The van der Waals surface area contributed by atoms with Gasteiger partial charge in [0, 0.05) is 5.54 Å². The summed E-state index contributed by atoms with van der Waals surface area (Å²) in [5.41, 5.74) is 3.01. The summed E-state index contributed by atoms with van der Waals surface area (Å²) in [6.07, 6.45) is 3.93. The third kappa shape index (κ3) is 2.73. The molecule has 0 radical (unpaired) electrons. The second-order valence-electron chi connectivity index (χ2n) is 4.59. The van der Waals surface area contributed by atoms with Crippen LogP contribution in [0.4, 0.5) is 0 Å². The van der Waals surface area contributed by atoms with Gasteiger partial charge in [-0.15, -0.1) is 12.4 Å². The molecule has 1 heterocycles. The highest BCUT2D eigenvalue weighted by atomic mass is 35.5. The predicted molar refractivity (Wildman–Crippen MR) is 67.6 cm³/mol. The van der Waals surface area contributed by atoms with E-state index in [9.17, 15) is 0 Å². The van der Waals surface area contributed by atoms with E-state index >= 15 is 0 Å². The summed E-state index contributed by atoms with van der Waals surface area (Å²) in [6.45, 7) is 5.64. The molecule has 1 nitrogen and oxygen atoms in total. The van der Waals surface area contributed by atoms with E-state index in [-0.39, 0.29) is 17.9 Å². The van der Waals surface area contributed by atoms with E-state index in [0.717, 1.165) is 6.54 Å². The minimum atomic E-state index is 0. The molecule has 15 heavy (non-hydrogen) atoms. The number of hydrogen-bond acceptors (Lipinski definition) is 1. The van der Waals surface area contributed by atoms with Crippen LogP contribution in [0.25, 0.3) is 0 Å². The van der Waals surface area contributed by atoms with Gasteiger partial charge in [0.25, 0.3) is 0 Å². The van der Waals surface area contributed by atoms with Crippen molar-refractivity contribution in [3.63, 3.8) is 0 Å². The Labute approximate surface area is 98.7 Å². The highest BCUT2D eigenvalue weighted by molar-refractivity contribution is 5.85. The van der Waals surface area contributed by atoms with Crippen LogP contribution in [0.2, 0.25) is 0 Å². The Morgan fingerprint density at radius 2 is 2.07 bits per heavy atom. The maximum absolute atomic E-state index is 3.64. The van der Waals surface area contributed by atoms with Crippen molar-refractivity contribution in [2.45, 2.75) is 38.6 Å². The first kappa shape index (κ1) is 12.5.